The minimum atomic E-state index is -2.94. The largest absolute Gasteiger partial charge is 0.466 e. The standard InChI is InChI=1S/C12H20F2O2/c1-4-16-11(15)10-8(2)6-5-7-9(3)12(10,13)14/h8-10H,4-7H2,1-3H3/t8-,9+,10?/m1/s1. The van der Waals surface area contributed by atoms with Crippen LogP contribution in [0.5, 0.6) is 0 Å². The van der Waals surface area contributed by atoms with Gasteiger partial charge in [0.05, 0.1) is 6.61 Å². The van der Waals surface area contributed by atoms with Crippen LogP contribution in [0, 0.1) is 17.8 Å². The first-order valence-electron chi connectivity index (χ1n) is 5.95. The molecule has 1 aliphatic carbocycles. The number of esters is 1. The van der Waals surface area contributed by atoms with E-state index >= 15 is 0 Å². The average Bonchev–Trinajstić information content (AvgIpc) is 2.25. The summed E-state index contributed by atoms with van der Waals surface area (Å²) in [4.78, 5) is 11.6. The molecule has 0 aromatic heterocycles. The molecule has 1 aliphatic rings. The van der Waals surface area contributed by atoms with Crippen LogP contribution in [-0.2, 0) is 9.53 Å². The Hall–Kier alpha value is -0.670. The third-order valence-electron chi connectivity index (χ3n) is 3.48. The van der Waals surface area contributed by atoms with Crippen molar-refractivity contribution >= 4 is 5.97 Å². The van der Waals surface area contributed by atoms with Crippen LogP contribution < -0.4 is 0 Å². The fraction of sp³-hybridized carbons (Fsp3) is 0.917. The molecule has 1 saturated carbocycles. The quantitative estimate of drug-likeness (QED) is 0.541. The summed E-state index contributed by atoms with van der Waals surface area (Å²) in [6, 6.07) is 0. The molecular weight excluding hydrogens is 214 g/mol. The average molecular weight is 234 g/mol. The molecule has 0 aromatic carbocycles. The van der Waals surface area contributed by atoms with Gasteiger partial charge in [0, 0.05) is 5.92 Å². The van der Waals surface area contributed by atoms with Crippen molar-refractivity contribution in [3.8, 4) is 0 Å². The van der Waals surface area contributed by atoms with Gasteiger partial charge in [-0.2, -0.15) is 0 Å². The lowest BCUT2D eigenvalue weighted by molar-refractivity contribution is -0.174. The molecule has 0 aromatic rings. The highest BCUT2D eigenvalue weighted by atomic mass is 19.3. The normalized spacial score (nSPS) is 34.2. The maximum absolute atomic E-state index is 14.0. The Labute approximate surface area is 95.4 Å². The van der Waals surface area contributed by atoms with Crippen molar-refractivity contribution < 1.29 is 18.3 Å². The fourth-order valence-electron chi connectivity index (χ4n) is 2.41. The van der Waals surface area contributed by atoms with Crippen LogP contribution in [-0.4, -0.2) is 18.5 Å². The Morgan fingerprint density at radius 3 is 2.56 bits per heavy atom. The second-order valence-electron chi connectivity index (χ2n) is 4.71. The number of carbonyl (C=O) groups excluding carboxylic acids is 1. The van der Waals surface area contributed by atoms with E-state index < -0.39 is 23.7 Å². The second kappa shape index (κ2) is 5.11. The van der Waals surface area contributed by atoms with E-state index in [-0.39, 0.29) is 12.5 Å². The Morgan fingerprint density at radius 2 is 2.00 bits per heavy atom. The number of halogens is 2. The summed E-state index contributed by atoms with van der Waals surface area (Å²) in [5, 5.41) is 0. The molecule has 4 heteroatoms. The SMILES string of the molecule is CCOC(=O)C1[C@H](C)CCC[C@H](C)C1(F)F. The zero-order valence-electron chi connectivity index (χ0n) is 10.1. The summed E-state index contributed by atoms with van der Waals surface area (Å²) in [5.41, 5.74) is 0. The molecule has 0 spiro atoms. The topological polar surface area (TPSA) is 26.3 Å². The summed E-state index contributed by atoms with van der Waals surface area (Å²) >= 11 is 0. The number of rotatable bonds is 2. The van der Waals surface area contributed by atoms with Gasteiger partial charge >= 0.3 is 5.97 Å². The van der Waals surface area contributed by atoms with Gasteiger partial charge in [-0.15, -0.1) is 0 Å². The lowest BCUT2D eigenvalue weighted by Gasteiger charge is -2.30. The van der Waals surface area contributed by atoms with Gasteiger partial charge in [0.2, 0.25) is 0 Å². The predicted molar refractivity (Wildman–Crippen MR) is 57.2 cm³/mol. The van der Waals surface area contributed by atoms with Gasteiger partial charge < -0.3 is 4.74 Å². The molecular formula is C12H20F2O2. The van der Waals surface area contributed by atoms with Gasteiger partial charge in [0.15, 0.2) is 0 Å². The molecule has 1 rings (SSSR count). The van der Waals surface area contributed by atoms with E-state index in [4.69, 9.17) is 4.74 Å². The minimum Gasteiger partial charge on any atom is -0.466 e. The van der Waals surface area contributed by atoms with Crippen LogP contribution in [0.1, 0.15) is 40.0 Å². The van der Waals surface area contributed by atoms with E-state index in [1.165, 1.54) is 6.92 Å². The van der Waals surface area contributed by atoms with Gasteiger partial charge in [0.25, 0.3) is 5.92 Å². The molecule has 0 saturated heterocycles. The van der Waals surface area contributed by atoms with Gasteiger partial charge in [-0.05, 0) is 25.7 Å². The van der Waals surface area contributed by atoms with Crippen molar-refractivity contribution in [3.63, 3.8) is 0 Å². The van der Waals surface area contributed by atoms with Crippen molar-refractivity contribution in [1.29, 1.82) is 0 Å². The zero-order valence-corrected chi connectivity index (χ0v) is 10.1. The molecule has 0 N–H and O–H groups in total. The lowest BCUT2D eigenvalue weighted by atomic mass is 9.83. The van der Waals surface area contributed by atoms with Crippen molar-refractivity contribution in [2.24, 2.45) is 17.8 Å². The molecule has 0 heterocycles. The third-order valence-corrected chi connectivity index (χ3v) is 3.48. The molecule has 0 amide bonds. The molecule has 16 heavy (non-hydrogen) atoms. The van der Waals surface area contributed by atoms with E-state index in [0.29, 0.717) is 12.8 Å². The summed E-state index contributed by atoms with van der Waals surface area (Å²) in [7, 11) is 0. The highest BCUT2D eigenvalue weighted by Crippen LogP contribution is 2.44. The van der Waals surface area contributed by atoms with Crippen molar-refractivity contribution in [1.82, 2.24) is 0 Å². The molecule has 0 radical (unpaired) electrons. The smallest absolute Gasteiger partial charge is 0.315 e. The van der Waals surface area contributed by atoms with E-state index in [1.807, 2.05) is 0 Å². The maximum atomic E-state index is 14.0. The zero-order chi connectivity index (χ0) is 12.3. The molecule has 0 bridgehead atoms. The summed E-state index contributed by atoms with van der Waals surface area (Å²) < 4.78 is 32.9. The molecule has 2 nitrogen and oxygen atoms in total. The number of carbonyl (C=O) groups is 1. The Bertz CT molecular complexity index is 253. The Balaban J connectivity index is 2.93. The molecule has 0 aliphatic heterocycles. The van der Waals surface area contributed by atoms with Gasteiger partial charge in [-0.25, -0.2) is 8.78 Å². The van der Waals surface area contributed by atoms with Crippen LogP contribution in [0.4, 0.5) is 8.78 Å². The van der Waals surface area contributed by atoms with E-state index in [1.54, 1.807) is 13.8 Å². The van der Waals surface area contributed by atoms with Gasteiger partial charge in [-0.1, -0.05) is 20.3 Å². The minimum absolute atomic E-state index is 0.159. The number of alkyl halides is 2. The Morgan fingerprint density at radius 1 is 1.38 bits per heavy atom. The van der Waals surface area contributed by atoms with Crippen LogP contribution >= 0.6 is 0 Å². The van der Waals surface area contributed by atoms with Crippen LogP contribution in [0.2, 0.25) is 0 Å². The summed E-state index contributed by atoms with van der Waals surface area (Å²) in [6.07, 6.45) is 1.91. The fourth-order valence-corrected chi connectivity index (χ4v) is 2.41. The van der Waals surface area contributed by atoms with Gasteiger partial charge in [-0.3, -0.25) is 4.79 Å². The first-order valence-corrected chi connectivity index (χ1v) is 5.95. The highest BCUT2D eigenvalue weighted by molar-refractivity contribution is 5.74. The lowest BCUT2D eigenvalue weighted by Crippen LogP contribution is -2.43. The van der Waals surface area contributed by atoms with Gasteiger partial charge in [0.1, 0.15) is 5.92 Å². The van der Waals surface area contributed by atoms with Crippen LogP contribution in [0.15, 0.2) is 0 Å². The monoisotopic (exact) mass is 234 g/mol. The van der Waals surface area contributed by atoms with Crippen LogP contribution in [0.25, 0.3) is 0 Å². The molecule has 1 unspecified atom stereocenters. The summed E-state index contributed by atoms with van der Waals surface area (Å²) in [5.74, 6) is -6.01. The molecule has 1 fully saturated rings. The highest BCUT2D eigenvalue weighted by Gasteiger charge is 2.52. The number of hydrogen-bond acceptors (Lipinski definition) is 2. The molecule has 3 atom stereocenters. The van der Waals surface area contributed by atoms with E-state index in [2.05, 4.69) is 0 Å². The first kappa shape index (κ1) is 13.4. The molecule has 94 valence electrons. The second-order valence-corrected chi connectivity index (χ2v) is 4.71. The van der Waals surface area contributed by atoms with E-state index in [0.717, 1.165) is 6.42 Å². The maximum Gasteiger partial charge on any atom is 0.315 e. The number of ether oxygens (including phenoxy) is 1. The van der Waals surface area contributed by atoms with Crippen molar-refractivity contribution in [3.05, 3.63) is 0 Å². The van der Waals surface area contributed by atoms with E-state index in [9.17, 15) is 13.6 Å². The van der Waals surface area contributed by atoms with Crippen molar-refractivity contribution in [2.75, 3.05) is 6.61 Å². The third kappa shape index (κ3) is 2.53. The van der Waals surface area contributed by atoms with Crippen LogP contribution in [0.3, 0.4) is 0 Å². The number of hydrogen-bond donors (Lipinski definition) is 0. The summed E-state index contributed by atoms with van der Waals surface area (Å²) in [6.45, 7) is 5.03. The van der Waals surface area contributed by atoms with Crippen molar-refractivity contribution in [2.45, 2.75) is 46.0 Å². The first-order chi connectivity index (χ1) is 7.41. The predicted octanol–water partition coefficient (Wildman–Crippen LogP) is 3.26. The Kier molecular flexibility index (Phi) is 4.28.